The first-order valence-corrected chi connectivity index (χ1v) is 11.7. The molecular weight excluding hydrogens is 519 g/mol. The van der Waals surface area contributed by atoms with E-state index in [4.69, 9.17) is 16.2 Å². The molecule has 0 aliphatic carbocycles. The average Bonchev–Trinajstić information content (AvgIpc) is 3.40. The Morgan fingerprint density at radius 3 is 1.89 bits per heavy atom. The summed E-state index contributed by atoms with van der Waals surface area (Å²) in [5, 5.41) is 0. The maximum atomic E-state index is 12.9. The van der Waals surface area contributed by atoms with Crippen LogP contribution in [-0.4, -0.2) is 84.3 Å². The van der Waals surface area contributed by atoms with Crippen molar-refractivity contribution in [3.05, 3.63) is 59.7 Å². The van der Waals surface area contributed by atoms with Crippen LogP contribution in [0.5, 0.6) is 5.75 Å². The van der Waals surface area contributed by atoms with Crippen LogP contribution in [0.1, 0.15) is 33.6 Å². The summed E-state index contributed by atoms with van der Waals surface area (Å²) in [5.74, 6) is -0.157. The number of carbonyl (C=O) groups is 3. The molecule has 2 heterocycles. The summed E-state index contributed by atoms with van der Waals surface area (Å²) in [6.45, 7) is 4.60. The second-order valence-electron chi connectivity index (χ2n) is 8.65. The summed E-state index contributed by atoms with van der Waals surface area (Å²) in [5.41, 5.74) is 12.1. The highest BCUT2D eigenvalue weighted by Crippen LogP contribution is 2.18. The average molecular weight is 551 g/mol. The summed E-state index contributed by atoms with van der Waals surface area (Å²) in [7, 11) is 0. The van der Waals surface area contributed by atoms with Crippen molar-refractivity contribution in [2.24, 2.45) is 16.5 Å². The van der Waals surface area contributed by atoms with E-state index in [0.29, 0.717) is 55.3 Å². The minimum absolute atomic E-state index is 0. The van der Waals surface area contributed by atoms with Gasteiger partial charge in [-0.05, 0) is 61.4 Å². The molecule has 0 spiro atoms. The third-order valence-corrected chi connectivity index (χ3v) is 6.15. The third-order valence-electron chi connectivity index (χ3n) is 6.15. The van der Waals surface area contributed by atoms with E-state index < -0.39 is 5.97 Å². The van der Waals surface area contributed by atoms with Gasteiger partial charge in [-0.2, -0.15) is 0 Å². The van der Waals surface area contributed by atoms with E-state index in [1.54, 1.807) is 53.4 Å². The molecule has 0 radical (unpaired) electrons. The maximum Gasteiger partial charge on any atom is 0.343 e. The maximum absolute atomic E-state index is 12.9. The molecule has 0 atom stereocenters. The van der Waals surface area contributed by atoms with Gasteiger partial charge in [0.05, 0.1) is 17.8 Å². The lowest BCUT2D eigenvalue weighted by atomic mass is 10.1. The number of amides is 2. The Hall–Kier alpha value is -3.34. The van der Waals surface area contributed by atoms with Crippen molar-refractivity contribution in [3.63, 3.8) is 0 Å². The number of piperazine rings is 1. The van der Waals surface area contributed by atoms with Crippen molar-refractivity contribution in [3.8, 4) is 5.75 Å². The van der Waals surface area contributed by atoms with E-state index in [-0.39, 0.29) is 42.6 Å². The lowest BCUT2D eigenvalue weighted by Crippen LogP contribution is -2.51. The lowest BCUT2D eigenvalue weighted by molar-refractivity contribution is -0.131. The van der Waals surface area contributed by atoms with Gasteiger partial charge < -0.3 is 26.0 Å². The van der Waals surface area contributed by atoms with Gasteiger partial charge in [-0.25, -0.2) is 9.79 Å². The second-order valence-corrected chi connectivity index (χ2v) is 8.65. The lowest BCUT2D eigenvalue weighted by Gasteiger charge is -2.35. The highest BCUT2D eigenvalue weighted by Gasteiger charge is 2.25. The Morgan fingerprint density at radius 2 is 1.32 bits per heavy atom. The number of hydrogen-bond donors (Lipinski definition) is 2. The minimum atomic E-state index is -0.528. The number of ether oxygens (including phenoxy) is 1. The number of benzene rings is 2. The van der Waals surface area contributed by atoms with Gasteiger partial charge in [0, 0.05) is 44.8 Å². The van der Waals surface area contributed by atoms with Crippen LogP contribution in [0.2, 0.25) is 0 Å². The monoisotopic (exact) mass is 550 g/mol. The van der Waals surface area contributed by atoms with Crippen molar-refractivity contribution in [2.75, 3.05) is 45.8 Å². The van der Waals surface area contributed by atoms with Crippen LogP contribution < -0.4 is 16.2 Å². The number of guanidine groups is 1. The van der Waals surface area contributed by atoms with Crippen molar-refractivity contribution < 1.29 is 19.1 Å². The molecule has 2 aliphatic heterocycles. The van der Waals surface area contributed by atoms with E-state index >= 15 is 0 Å². The highest BCUT2D eigenvalue weighted by molar-refractivity contribution is 5.95. The van der Waals surface area contributed by atoms with Crippen LogP contribution in [0.4, 0.5) is 5.69 Å². The number of aliphatic imine (C=N–C) groups is 1. The molecule has 2 amide bonds. The van der Waals surface area contributed by atoms with Crippen LogP contribution in [-0.2, 0) is 4.79 Å². The number of rotatable bonds is 6. The molecule has 4 rings (SSSR count). The van der Waals surface area contributed by atoms with Gasteiger partial charge in [0.1, 0.15) is 5.75 Å². The van der Waals surface area contributed by atoms with Gasteiger partial charge in [0.15, 0.2) is 5.96 Å². The van der Waals surface area contributed by atoms with E-state index in [0.717, 1.165) is 25.9 Å². The van der Waals surface area contributed by atoms with Gasteiger partial charge >= 0.3 is 5.97 Å². The number of esters is 1. The quantitative estimate of drug-likeness (QED) is 0.243. The van der Waals surface area contributed by atoms with E-state index in [2.05, 4.69) is 9.89 Å². The summed E-state index contributed by atoms with van der Waals surface area (Å²) in [6.07, 6.45) is 2.17. The second kappa shape index (κ2) is 13.8. The fourth-order valence-electron chi connectivity index (χ4n) is 4.20. The van der Waals surface area contributed by atoms with Crippen molar-refractivity contribution >= 4 is 54.2 Å². The highest BCUT2D eigenvalue weighted by atomic mass is 35.5. The molecule has 0 aromatic heterocycles. The topological polar surface area (TPSA) is 135 Å². The first-order valence-electron chi connectivity index (χ1n) is 11.7. The number of nitrogens with two attached hydrogens (primary N) is 2. The molecule has 2 aromatic carbocycles. The molecule has 4 N–H and O–H groups in total. The molecule has 2 aromatic rings. The molecule has 12 heteroatoms. The molecule has 0 saturated carbocycles. The van der Waals surface area contributed by atoms with Gasteiger partial charge in [-0.15, -0.1) is 24.8 Å². The van der Waals surface area contributed by atoms with Crippen LogP contribution >= 0.6 is 24.8 Å². The standard InChI is InChI=1S/C25H30N6O4.2ClH/c26-25(27)28-20-7-3-19(4-8-20)24(34)35-21-9-5-18(6-10-21)23(33)31-15-13-29(14-16-31)17-22(32)30-11-1-2-12-30;;/h3-10H,1-2,11-17H2,(H4,26,27,28);2*1H. The first-order chi connectivity index (χ1) is 16.9. The van der Waals surface area contributed by atoms with Gasteiger partial charge in [-0.1, -0.05) is 0 Å². The van der Waals surface area contributed by atoms with Crippen LogP contribution in [0.25, 0.3) is 0 Å². The number of carbonyl (C=O) groups excluding carboxylic acids is 3. The molecule has 0 bridgehead atoms. The van der Waals surface area contributed by atoms with Crippen LogP contribution in [0, 0.1) is 0 Å². The fraction of sp³-hybridized carbons (Fsp3) is 0.360. The molecule has 10 nitrogen and oxygen atoms in total. The number of likely N-dealkylation sites (tertiary alicyclic amines) is 1. The molecule has 2 aliphatic rings. The Morgan fingerprint density at radius 1 is 0.757 bits per heavy atom. The third kappa shape index (κ3) is 8.08. The predicted octanol–water partition coefficient (Wildman–Crippen LogP) is 2.03. The summed E-state index contributed by atoms with van der Waals surface area (Å²) >= 11 is 0. The first kappa shape index (κ1) is 29.9. The van der Waals surface area contributed by atoms with E-state index in [1.807, 2.05) is 4.90 Å². The zero-order valence-corrected chi connectivity index (χ0v) is 22.0. The van der Waals surface area contributed by atoms with Gasteiger partial charge in [0.2, 0.25) is 5.91 Å². The SMILES string of the molecule is Cl.Cl.NC(N)=Nc1ccc(C(=O)Oc2ccc(C(=O)N3CCN(CC(=O)N4CCCC4)CC3)cc2)cc1. The number of nitrogens with zero attached hydrogens (tertiary/aromatic N) is 4. The van der Waals surface area contributed by atoms with E-state index in [9.17, 15) is 14.4 Å². The minimum Gasteiger partial charge on any atom is -0.423 e. The van der Waals surface area contributed by atoms with Crippen molar-refractivity contribution in [1.29, 1.82) is 0 Å². The molecule has 0 unspecified atom stereocenters. The van der Waals surface area contributed by atoms with Gasteiger partial charge in [0.25, 0.3) is 5.91 Å². The molecule has 37 heavy (non-hydrogen) atoms. The van der Waals surface area contributed by atoms with Crippen molar-refractivity contribution in [1.82, 2.24) is 14.7 Å². The number of halogens is 2. The fourth-order valence-corrected chi connectivity index (χ4v) is 4.20. The normalized spacial score (nSPS) is 15.2. The zero-order valence-electron chi connectivity index (χ0n) is 20.4. The molecule has 2 fully saturated rings. The Labute approximate surface area is 228 Å². The molecule has 200 valence electrons. The Kier molecular flexibility index (Phi) is 11.2. The zero-order chi connectivity index (χ0) is 24.8. The Balaban J connectivity index is 0.00000241. The number of hydrogen-bond acceptors (Lipinski definition) is 6. The molecule has 2 saturated heterocycles. The summed E-state index contributed by atoms with van der Waals surface area (Å²) in [4.78, 5) is 47.4. The summed E-state index contributed by atoms with van der Waals surface area (Å²) < 4.78 is 5.40. The van der Waals surface area contributed by atoms with Crippen LogP contribution in [0.15, 0.2) is 53.5 Å². The van der Waals surface area contributed by atoms with Gasteiger partial charge in [-0.3, -0.25) is 14.5 Å². The van der Waals surface area contributed by atoms with Crippen LogP contribution in [0.3, 0.4) is 0 Å². The largest absolute Gasteiger partial charge is 0.423 e. The van der Waals surface area contributed by atoms with E-state index in [1.165, 1.54) is 0 Å². The smallest absolute Gasteiger partial charge is 0.343 e. The molecular formula is C25H32Cl2N6O4. The summed E-state index contributed by atoms with van der Waals surface area (Å²) in [6, 6.07) is 12.9. The van der Waals surface area contributed by atoms with Crippen molar-refractivity contribution in [2.45, 2.75) is 12.8 Å². The predicted molar refractivity (Wildman–Crippen MR) is 146 cm³/mol. The Bertz CT molecular complexity index is 1090.